The van der Waals surface area contributed by atoms with Gasteiger partial charge in [-0.3, -0.25) is 15.5 Å². The number of hydrogen-bond acceptors (Lipinski definition) is 6. The number of amides is 1. The summed E-state index contributed by atoms with van der Waals surface area (Å²) in [4.78, 5) is 18.6. The van der Waals surface area contributed by atoms with Gasteiger partial charge in [0.05, 0.1) is 0 Å². The minimum absolute atomic E-state index is 0.0647. The number of hydrogen-bond donors (Lipinski definition) is 5. The molecule has 1 heterocycles. The van der Waals surface area contributed by atoms with Gasteiger partial charge in [0, 0.05) is 6.04 Å². The van der Waals surface area contributed by atoms with Crippen LogP contribution in [-0.2, 0) is 0 Å². The largest absolute Gasteiger partial charge is 0.382 e. The molecule has 9 heteroatoms. The number of nitrogen functional groups attached to an aromatic ring is 1. The van der Waals surface area contributed by atoms with Crippen LogP contribution in [0.25, 0.3) is 0 Å². The highest BCUT2D eigenvalue weighted by atomic mass is 19.1. The lowest BCUT2D eigenvalue weighted by Crippen LogP contribution is -2.37. The van der Waals surface area contributed by atoms with E-state index in [0.29, 0.717) is 0 Å². The molecule has 7 N–H and O–H groups in total. The Balaban J connectivity index is 3.06. The normalized spacial score (nSPS) is 10.2. The highest BCUT2D eigenvalue weighted by Crippen LogP contribution is 2.15. The molecule has 0 atom stereocenters. The van der Waals surface area contributed by atoms with Gasteiger partial charge in [0.1, 0.15) is 0 Å². The van der Waals surface area contributed by atoms with E-state index in [1.165, 1.54) is 0 Å². The SMILES string of the molecule is CC(C)Nc1nc(N)c(C(=O)NC(=N)N)nc1F. The van der Waals surface area contributed by atoms with Crippen LogP contribution < -0.4 is 22.1 Å². The minimum Gasteiger partial charge on any atom is -0.382 e. The molecule has 1 aromatic rings. The van der Waals surface area contributed by atoms with E-state index in [1.54, 1.807) is 13.8 Å². The minimum atomic E-state index is -0.952. The van der Waals surface area contributed by atoms with Gasteiger partial charge in [0.15, 0.2) is 23.3 Å². The molecule has 1 amide bonds. The van der Waals surface area contributed by atoms with Crippen LogP contribution in [0.4, 0.5) is 16.0 Å². The molecule has 0 aliphatic carbocycles. The average Bonchev–Trinajstić information content (AvgIpc) is 2.21. The Labute approximate surface area is 102 Å². The van der Waals surface area contributed by atoms with E-state index in [9.17, 15) is 9.18 Å². The maximum atomic E-state index is 13.5. The summed E-state index contributed by atoms with van der Waals surface area (Å²) in [5.74, 6) is -2.82. The Morgan fingerprint density at radius 2 is 2.06 bits per heavy atom. The molecule has 0 saturated carbocycles. The summed E-state index contributed by atoms with van der Waals surface area (Å²) in [5, 5.41) is 11.5. The highest BCUT2D eigenvalue weighted by molar-refractivity contribution is 6.05. The molecule has 0 spiro atoms. The first-order chi connectivity index (χ1) is 8.31. The van der Waals surface area contributed by atoms with Crippen molar-refractivity contribution in [2.45, 2.75) is 19.9 Å². The maximum Gasteiger partial charge on any atom is 0.280 e. The molecule has 8 nitrogen and oxygen atoms in total. The molecule has 0 bridgehead atoms. The summed E-state index contributed by atoms with van der Waals surface area (Å²) in [6, 6.07) is -0.0647. The molecular formula is C9H14FN7O. The predicted octanol–water partition coefficient (Wildman–Crippen LogP) is -0.359. The summed E-state index contributed by atoms with van der Waals surface area (Å²) in [5.41, 5.74) is 10.0. The van der Waals surface area contributed by atoms with Gasteiger partial charge in [-0.15, -0.1) is 0 Å². The Bertz CT molecular complexity index is 488. The molecular weight excluding hydrogens is 241 g/mol. The molecule has 0 radical (unpaired) electrons. The number of rotatable bonds is 3. The number of carbonyl (C=O) groups is 1. The van der Waals surface area contributed by atoms with Crippen molar-refractivity contribution < 1.29 is 9.18 Å². The third kappa shape index (κ3) is 3.27. The predicted molar refractivity (Wildman–Crippen MR) is 64.5 cm³/mol. The van der Waals surface area contributed by atoms with Crippen LogP contribution in [-0.4, -0.2) is 27.9 Å². The fourth-order valence-corrected chi connectivity index (χ4v) is 1.14. The Morgan fingerprint density at radius 3 is 2.56 bits per heavy atom. The number of nitrogens with two attached hydrogens (primary N) is 2. The second-order valence-corrected chi connectivity index (χ2v) is 3.76. The van der Waals surface area contributed by atoms with Crippen molar-refractivity contribution in [2.75, 3.05) is 11.1 Å². The van der Waals surface area contributed by atoms with Gasteiger partial charge >= 0.3 is 0 Å². The number of carbonyl (C=O) groups excluding carboxylic acids is 1. The van der Waals surface area contributed by atoms with E-state index in [1.807, 2.05) is 5.32 Å². The van der Waals surface area contributed by atoms with Crippen molar-refractivity contribution in [3.63, 3.8) is 0 Å². The Kier molecular flexibility index (Phi) is 3.97. The van der Waals surface area contributed by atoms with Gasteiger partial charge in [-0.2, -0.15) is 4.39 Å². The number of aromatic nitrogens is 2. The Hall–Kier alpha value is -2.45. The first-order valence-electron chi connectivity index (χ1n) is 5.06. The fourth-order valence-electron chi connectivity index (χ4n) is 1.14. The van der Waals surface area contributed by atoms with Crippen molar-refractivity contribution >= 4 is 23.5 Å². The third-order valence-corrected chi connectivity index (χ3v) is 1.77. The van der Waals surface area contributed by atoms with Crippen molar-refractivity contribution in [1.82, 2.24) is 15.3 Å². The lowest BCUT2D eigenvalue weighted by Gasteiger charge is -2.11. The molecule has 0 fully saturated rings. The second-order valence-electron chi connectivity index (χ2n) is 3.76. The monoisotopic (exact) mass is 255 g/mol. The van der Waals surface area contributed by atoms with Gasteiger partial charge in [-0.25, -0.2) is 9.97 Å². The van der Waals surface area contributed by atoms with E-state index >= 15 is 0 Å². The summed E-state index contributed by atoms with van der Waals surface area (Å²) in [6.07, 6.45) is 0. The molecule has 1 rings (SSSR count). The first-order valence-corrected chi connectivity index (χ1v) is 5.06. The van der Waals surface area contributed by atoms with Crippen LogP contribution in [0.5, 0.6) is 0 Å². The van der Waals surface area contributed by atoms with E-state index in [0.717, 1.165) is 0 Å². The molecule has 1 aromatic heterocycles. The van der Waals surface area contributed by atoms with Gasteiger partial charge in [-0.05, 0) is 13.8 Å². The van der Waals surface area contributed by atoms with E-state index in [2.05, 4.69) is 15.3 Å². The highest BCUT2D eigenvalue weighted by Gasteiger charge is 2.18. The zero-order valence-corrected chi connectivity index (χ0v) is 9.91. The smallest absolute Gasteiger partial charge is 0.280 e. The number of halogens is 1. The summed E-state index contributed by atoms with van der Waals surface area (Å²) < 4.78 is 13.5. The zero-order valence-electron chi connectivity index (χ0n) is 9.91. The van der Waals surface area contributed by atoms with Crippen LogP contribution in [0.1, 0.15) is 24.3 Å². The van der Waals surface area contributed by atoms with E-state index < -0.39 is 23.5 Å². The van der Waals surface area contributed by atoms with Gasteiger partial charge < -0.3 is 16.8 Å². The molecule has 0 aliphatic heterocycles. The molecule has 0 aromatic carbocycles. The second kappa shape index (κ2) is 5.25. The molecule has 0 saturated heterocycles. The summed E-state index contributed by atoms with van der Waals surface area (Å²) in [6.45, 7) is 3.57. The van der Waals surface area contributed by atoms with Crippen molar-refractivity contribution in [3.8, 4) is 0 Å². The lowest BCUT2D eigenvalue weighted by molar-refractivity contribution is 0.0971. The van der Waals surface area contributed by atoms with E-state index in [-0.39, 0.29) is 17.7 Å². The fraction of sp³-hybridized carbons (Fsp3) is 0.333. The molecule has 0 aliphatic rings. The maximum absolute atomic E-state index is 13.5. The number of anilines is 2. The van der Waals surface area contributed by atoms with Gasteiger partial charge in [-0.1, -0.05) is 0 Å². The molecule has 18 heavy (non-hydrogen) atoms. The number of nitrogens with one attached hydrogen (secondary N) is 3. The van der Waals surface area contributed by atoms with Gasteiger partial charge in [0.25, 0.3) is 11.9 Å². The van der Waals surface area contributed by atoms with Crippen molar-refractivity contribution in [1.29, 1.82) is 5.41 Å². The van der Waals surface area contributed by atoms with Crippen LogP contribution in [0.3, 0.4) is 0 Å². The van der Waals surface area contributed by atoms with Crippen LogP contribution in [0.2, 0.25) is 0 Å². The Morgan fingerprint density at radius 1 is 1.44 bits per heavy atom. The third-order valence-electron chi connectivity index (χ3n) is 1.77. The lowest BCUT2D eigenvalue weighted by atomic mass is 10.3. The first kappa shape index (κ1) is 13.6. The molecule has 98 valence electrons. The van der Waals surface area contributed by atoms with Crippen molar-refractivity contribution in [3.05, 3.63) is 11.6 Å². The van der Waals surface area contributed by atoms with Gasteiger partial charge in [0.2, 0.25) is 0 Å². The standard InChI is InChI=1S/C9H14FN7O/c1-3(2)14-7-5(10)15-4(6(11)16-7)8(18)17-9(12)13/h3H,1-2H3,(H3,11,14,16)(H4,12,13,17,18). The average molecular weight is 255 g/mol. The van der Waals surface area contributed by atoms with E-state index in [4.69, 9.17) is 16.9 Å². The van der Waals surface area contributed by atoms with Crippen LogP contribution in [0.15, 0.2) is 0 Å². The van der Waals surface area contributed by atoms with Crippen LogP contribution >= 0.6 is 0 Å². The van der Waals surface area contributed by atoms with Crippen molar-refractivity contribution in [2.24, 2.45) is 5.73 Å². The number of guanidine groups is 1. The quantitative estimate of drug-likeness (QED) is 0.368. The summed E-state index contributed by atoms with van der Waals surface area (Å²) >= 11 is 0. The summed E-state index contributed by atoms with van der Waals surface area (Å²) in [7, 11) is 0. The zero-order chi connectivity index (χ0) is 13.9. The molecule has 0 unspecified atom stereocenters. The number of nitrogens with zero attached hydrogens (tertiary/aromatic N) is 2. The van der Waals surface area contributed by atoms with Crippen LogP contribution in [0, 0.1) is 11.4 Å². The topological polar surface area (TPSA) is 143 Å².